The van der Waals surface area contributed by atoms with Gasteiger partial charge in [-0.05, 0) is 13.8 Å². The van der Waals surface area contributed by atoms with Crippen LogP contribution < -0.4 is 0 Å². The molecule has 0 amide bonds. The summed E-state index contributed by atoms with van der Waals surface area (Å²) in [6, 6.07) is 0. The average Bonchev–Trinajstić information content (AvgIpc) is 2.35. The first-order valence-corrected chi connectivity index (χ1v) is 6.49. The largest absolute Gasteiger partial charge is 0.0764 e. The Morgan fingerprint density at radius 3 is 1.31 bits per heavy atom. The van der Waals surface area contributed by atoms with E-state index in [2.05, 4.69) is 50.3 Å². The molecule has 0 aromatic rings. The van der Waals surface area contributed by atoms with E-state index in [0.717, 1.165) is 0 Å². The molecule has 16 heavy (non-hydrogen) atoms. The van der Waals surface area contributed by atoms with Crippen molar-refractivity contribution in [3.05, 3.63) is 47.6 Å². The molecule has 0 aromatic carbocycles. The van der Waals surface area contributed by atoms with Gasteiger partial charge < -0.3 is 0 Å². The second-order valence-corrected chi connectivity index (χ2v) is 3.69. The van der Waals surface area contributed by atoms with Crippen LogP contribution in [0, 0.1) is 11.8 Å². The van der Waals surface area contributed by atoms with E-state index in [4.69, 9.17) is 0 Å². The Morgan fingerprint density at radius 1 is 0.688 bits per heavy atom. The van der Waals surface area contributed by atoms with Crippen molar-refractivity contribution in [1.82, 2.24) is 0 Å². The molecule has 2 aliphatic carbocycles. The van der Waals surface area contributed by atoms with Crippen molar-refractivity contribution in [3.8, 4) is 0 Å². The molecule has 0 fully saturated rings. The van der Waals surface area contributed by atoms with Crippen molar-refractivity contribution in [3.63, 3.8) is 0 Å². The third kappa shape index (κ3) is 4.22. The van der Waals surface area contributed by atoms with Crippen LogP contribution in [0.25, 0.3) is 0 Å². The first kappa shape index (κ1) is 15.0. The van der Waals surface area contributed by atoms with Gasteiger partial charge >= 0.3 is 0 Å². The fraction of sp³-hybridized carbons (Fsp3) is 0.500. The summed E-state index contributed by atoms with van der Waals surface area (Å²) in [5.74, 6) is 1.22. The second kappa shape index (κ2) is 8.15. The van der Waals surface area contributed by atoms with Crippen molar-refractivity contribution >= 4 is 0 Å². The average molecular weight is 218 g/mol. The summed E-state index contributed by atoms with van der Waals surface area (Å²) in [6.45, 7) is 12.3. The smallest absolute Gasteiger partial charge is 0.00534 e. The molecule has 0 nitrogen and oxygen atoms in total. The highest BCUT2D eigenvalue weighted by Gasteiger charge is 2.17. The highest BCUT2D eigenvalue weighted by atomic mass is 14.2. The Kier molecular flexibility index (Phi) is 7.62. The Labute approximate surface area is 101 Å². The van der Waals surface area contributed by atoms with Gasteiger partial charge in [0.25, 0.3) is 0 Å². The van der Waals surface area contributed by atoms with Crippen molar-refractivity contribution in [2.24, 2.45) is 11.8 Å². The first-order valence-electron chi connectivity index (χ1n) is 6.49. The Bertz CT molecular complexity index is 268. The van der Waals surface area contributed by atoms with Crippen LogP contribution >= 0.6 is 0 Å². The third-order valence-corrected chi connectivity index (χ3v) is 2.52. The van der Waals surface area contributed by atoms with E-state index in [1.807, 2.05) is 27.7 Å². The lowest BCUT2D eigenvalue weighted by molar-refractivity contribution is 0.649. The standard InChI is InChI=1S/C12H14.2C2H6/c1-9-3-5-12-8-10(2)4-6-11(12)7-9;2*1-2/h3-8,11-12H,1-2H3;2*1-2H3. The van der Waals surface area contributed by atoms with Crippen molar-refractivity contribution in [1.29, 1.82) is 0 Å². The number of allylic oxidation sites excluding steroid dienone is 8. The first-order chi connectivity index (χ1) is 7.75. The molecular formula is C16H26. The molecule has 0 bridgehead atoms. The zero-order valence-corrected chi connectivity index (χ0v) is 11.6. The maximum Gasteiger partial charge on any atom is 0.00534 e. The number of rotatable bonds is 0. The summed E-state index contributed by atoms with van der Waals surface area (Å²) in [6.07, 6.45) is 13.7. The predicted octanol–water partition coefficient (Wildman–Crippen LogP) is 5.30. The molecule has 2 unspecified atom stereocenters. The lowest BCUT2D eigenvalue weighted by atomic mass is 9.82. The molecule has 0 radical (unpaired) electrons. The maximum absolute atomic E-state index is 2.34. The van der Waals surface area contributed by atoms with Crippen LogP contribution in [-0.2, 0) is 0 Å². The SMILES string of the molecule is CC.CC.CC1=CC2C=CC(C)=CC2C=C1. The molecule has 2 atom stereocenters. The summed E-state index contributed by atoms with van der Waals surface area (Å²) in [5.41, 5.74) is 2.77. The highest BCUT2D eigenvalue weighted by Crippen LogP contribution is 2.29. The van der Waals surface area contributed by atoms with Gasteiger partial charge in [0.1, 0.15) is 0 Å². The second-order valence-electron chi connectivity index (χ2n) is 3.69. The molecule has 0 saturated carbocycles. The summed E-state index contributed by atoms with van der Waals surface area (Å²) in [4.78, 5) is 0. The molecule has 0 saturated heterocycles. The minimum absolute atomic E-state index is 0.610. The Morgan fingerprint density at radius 2 is 1.00 bits per heavy atom. The van der Waals surface area contributed by atoms with Crippen LogP contribution in [0.3, 0.4) is 0 Å². The molecule has 0 aromatic heterocycles. The number of hydrogen-bond donors (Lipinski definition) is 0. The van der Waals surface area contributed by atoms with Crippen molar-refractivity contribution < 1.29 is 0 Å². The fourth-order valence-electron chi connectivity index (χ4n) is 1.83. The van der Waals surface area contributed by atoms with Gasteiger partial charge in [-0.25, -0.2) is 0 Å². The van der Waals surface area contributed by atoms with Crippen LogP contribution in [0.5, 0.6) is 0 Å². The van der Waals surface area contributed by atoms with Crippen LogP contribution in [-0.4, -0.2) is 0 Å². The molecule has 0 spiro atoms. The van der Waals surface area contributed by atoms with Crippen LogP contribution in [0.2, 0.25) is 0 Å². The van der Waals surface area contributed by atoms with E-state index in [9.17, 15) is 0 Å². The zero-order chi connectivity index (χ0) is 12.6. The summed E-state index contributed by atoms with van der Waals surface area (Å²) < 4.78 is 0. The summed E-state index contributed by atoms with van der Waals surface area (Å²) in [5, 5.41) is 0. The van der Waals surface area contributed by atoms with E-state index in [-0.39, 0.29) is 0 Å². The summed E-state index contributed by atoms with van der Waals surface area (Å²) >= 11 is 0. The van der Waals surface area contributed by atoms with Crippen LogP contribution in [0.1, 0.15) is 41.5 Å². The van der Waals surface area contributed by atoms with Gasteiger partial charge in [0.15, 0.2) is 0 Å². The van der Waals surface area contributed by atoms with E-state index >= 15 is 0 Å². The Hall–Kier alpha value is -1.04. The number of fused-ring (bicyclic) bond motifs is 1. The minimum Gasteiger partial charge on any atom is -0.0764 e. The van der Waals surface area contributed by atoms with Gasteiger partial charge in [0.05, 0.1) is 0 Å². The lowest BCUT2D eigenvalue weighted by Gasteiger charge is -2.23. The fourth-order valence-corrected chi connectivity index (χ4v) is 1.83. The van der Waals surface area contributed by atoms with E-state index in [1.165, 1.54) is 11.1 Å². The summed E-state index contributed by atoms with van der Waals surface area (Å²) in [7, 11) is 0. The van der Waals surface area contributed by atoms with Gasteiger partial charge in [-0.3, -0.25) is 0 Å². The van der Waals surface area contributed by atoms with Crippen LogP contribution in [0.15, 0.2) is 47.6 Å². The maximum atomic E-state index is 2.34. The minimum atomic E-state index is 0.610. The highest BCUT2D eigenvalue weighted by molar-refractivity contribution is 5.35. The topological polar surface area (TPSA) is 0 Å². The van der Waals surface area contributed by atoms with Gasteiger partial charge in [-0.15, -0.1) is 0 Å². The van der Waals surface area contributed by atoms with Crippen LogP contribution in [0.4, 0.5) is 0 Å². The van der Waals surface area contributed by atoms with Gasteiger partial charge in [0, 0.05) is 11.8 Å². The third-order valence-electron chi connectivity index (χ3n) is 2.52. The Balaban J connectivity index is 0.000000509. The molecule has 2 aliphatic rings. The van der Waals surface area contributed by atoms with E-state index in [0.29, 0.717) is 11.8 Å². The van der Waals surface area contributed by atoms with Gasteiger partial charge in [-0.1, -0.05) is 75.3 Å². The molecule has 0 heterocycles. The molecule has 90 valence electrons. The zero-order valence-electron chi connectivity index (χ0n) is 11.6. The quantitative estimate of drug-likeness (QED) is 0.517. The normalized spacial score (nSPS) is 25.1. The van der Waals surface area contributed by atoms with Gasteiger partial charge in [0.2, 0.25) is 0 Å². The van der Waals surface area contributed by atoms with Gasteiger partial charge in [-0.2, -0.15) is 0 Å². The van der Waals surface area contributed by atoms with E-state index < -0.39 is 0 Å². The molecule has 0 heteroatoms. The molecular weight excluding hydrogens is 192 g/mol. The molecule has 2 rings (SSSR count). The lowest BCUT2D eigenvalue weighted by Crippen LogP contribution is -2.12. The van der Waals surface area contributed by atoms with Crippen molar-refractivity contribution in [2.45, 2.75) is 41.5 Å². The molecule has 0 aliphatic heterocycles. The predicted molar refractivity (Wildman–Crippen MR) is 75.5 cm³/mol. The van der Waals surface area contributed by atoms with E-state index in [1.54, 1.807) is 0 Å². The van der Waals surface area contributed by atoms with Crippen molar-refractivity contribution in [2.75, 3.05) is 0 Å². The molecule has 0 N–H and O–H groups in total. The number of hydrogen-bond acceptors (Lipinski definition) is 0. The monoisotopic (exact) mass is 218 g/mol.